The van der Waals surface area contributed by atoms with E-state index in [-0.39, 0.29) is 36.9 Å². The number of benzene rings is 2. The minimum Gasteiger partial charge on any atom is -0.495 e. The summed E-state index contributed by atoms with van der Waals surface area (Å²) in [6.45, 7) is 0.129. The van der Waals surface area contributed by atoms with Gasteiger partial charge in [-0.1, -0.05) is 17.7 Å². The molecule has 2 heterocycles. The van der Waals surface area contributed by atoms with Gasteiger partial charge in [-0.2, -0.15) is 0 Å². The van der Waals surface area contributed by atoms with Crippen LogP contribution in [0.2, 0.25) is 5.02 Å². The number of methoxy groups -OCH3 is 3. The molecule has 0 saturated heterocycles. The van der Waals surface area contributed by atoms with E-state index >= 15 is 0 Å². The summed E-state index contributed by atoms with van der Waals surface area (Å²) in [5, 5.41) is 10.6. The molecule has 0 unspecified atom stereocenters. The Morgan fingerprint density at radius 2 is 1.76 bits per heavy atom. The van der Waals surface area contributed by atoms with E-state index in [1.165, 1.54) is 25.9 Å². The molecule has 4 rings (SSSR count). The molecule has 4 aromatic rings. The Kier molecular flexibility index (Phi) is 8.50. The monoisotopic (exact) mass is 538 g/mol. The van der Waals surface area contributed by atoms with Crippen molar-refractivity contribution in [3.8, 4) is 28.4 Å². The normalized spacial score (nSPS) is 10.9. The molecule has 1 N–H and O–H groups in total. The van der Waals surface area contributed by atoms with Crippen molar-refractivity contribution >= 4 is 28.3 Å². The molecule has 0 aliphatic rings. The van der Waals surface area contributed by atoms with E-state index in [4.69, 9.17) is 30.5 Å². The first-order chi connectivity index (χ1) is 18.4. The van der Waals surface area contributed by atoms with Crippen LogP contribution in [0.1, 0.15) is 22.6 Å². The van der Waals surface area contributed by atoms with E-state index in [0.29, 0.717) is 39.1 Å². The fourth-order valence-electron chi connectivity index (χ4n) is 4.22. The van der Waals surface area contributed by atoms with E-state index in [1.54, 1.807) is 36.5 Å². The van der Waals surface area contributed by atoms with Crippen LogP contribution in [0, 0.1) is 0 Å². The number of aromatic nitrogens is 2. The van der Waals surface area contributed by atoms with Crippen molar-refractivity contribution in [2.45, 2.75) is 19.6 Å². The van der Waals surface area contributed by atoms with Crippen molar-refractivity contribution < 1.29 is 28.8 Å². The lowest BCUT2D eigenvalue weighted by molar-refractivity contribution is 0.0587. The second-order valence-corrected chi connectivity index (χ2v) is 8.64. The summed E-state index contributed by atoms with van der Waals surface area (Å²) in [6.07, 6.45) is 1.92. The molecular formula is C28H27ClN2O7. The zero-order chi connectivity index (χ0) is 27.2. The largest absolute Gasteiger partial charge is 0.495 e. The average molecular weight is 539 g/mol. The highest BCUT2D eigenvalue weighted by molar-refractivity contribution is 6.33. The van der Waals surface area contributed by atoms with Crippen molar-refractivity contribution in [2.24, 2.45) is 0 Å². The number of carbonyl (C=O) groups is 1. The van der Waals surface area contributed by atoms with Crippen LogP contribution < -0.4 is 19.8 Å². The number of halogens is 1. The first-order valence-corrected chi connectivity index (χ1v) is 12.2. The van der Waals surface area contributed by atoms with Crippen molar-refractivity contribution in [2.75, 3.05) is 27.9 Å². The first-order valence-electron chi connectivity index (χ1n) is 11.8. The highest BCUT2D eigenvalue weighted by Gasteiger charge is 2.26. The minimum absolute atomic E-state index is 0.0343. The van der Waals surface area contributed by atoms with E-state index in [2.05, 4.69) is 4.98 Å². The quantitative estimate of drug-likeness (QED) is 0.294. The van der Waals surface area contributed by atoms with Crippen LogP contribution in [0.3, 0.4) is 0 Å². The lowest BCUT2D eigenvalue weighted by atomic mass is 9.95. The van der Waals surface area contributed by atoms with Crippen LogP contribution in [0.25, 0.3) is 21.9 Å². The SMILES string of the molecule is COC(=O)c1c(-c2cc(OC)c(Cl)c(OC)c2)c2ccc(OCc3ccccn3)cc2c(=O)n1CCCO. The number of esters is 1. The topological polar surface area (TPSA) is 109 Å². The first kappa shape index (κ1) is 27.0. The number of hydrogen-bond acceptors (Lipinski definition) is 8. The fraction of sp³-hybridized carbons (Fsp3) is 0.250. The Balaban J connectivity index is 2.00. The summed E-state index contributed by atoms with van der Waals surface area (Å²) in [6, 6.07) is 13.9. The van der Waals surface area contributed by atoms with E-state index in [9.17, 15) is 14.7 Å². The molecule has 0 bridgehead atoms. The second kappa shape index (κ2) is 12.0. The van der Waals surface area contributed by atoms with Crippen LogP contribution in [-0.4, -0.2) is 48.6 Å². The van der Waals surface area contributed by atoms with Gasteiger partial charge in [-0.05, 0) is 59.8 Å². The summed E-state index contributed by atoms with van der Waals surface area (Å²) in [5.74, 6) is 0.402. The number of pyridine rings is 2. The maximum absolute atomic E-state index is 13.7. The Morgan fingerprint density at radius 1 is 1.03 bits per heavy atom. The lowest BCUT2D eigenvalue weighted by Gasteiger charge is -2.20. The highest BCUT2D eigenvalue weighted by atomic mass is 35.5. The molecular weight excluding hydrogens is 512 g/mol. The molecule has 0 fully saturated rings. The molecule has 2 aromatic heterocycles. The Bertz CT molecular complexity index is 1490. The summed E-state index contributed by atoms with van der Waals surface area (Å²) in [7, 11) is 4.18. The van der Waals surface area contributed by atoms with Gasteiger partial charge in [0, 0.05) is 24.9 Å². The number of ether oxygens (including phenoxy) is 4. The molecule has 198 valence electrons. The van der Waals surface area contributed by atoms with Crippen molar-refractivity contribution in [1.82, 2.24) is 9.55 Å². The van der Waals surface area contributed by atoms with E-state index in [0.717, 1.165) is 5.69 Å². The summed E-state index contributed by atoms with van der Waals surface area (Å²) in [5.41, 5.74) is 1.29. The van der Waals surface area contributed by atoms with Gasteiger partial charge in [0.15, 0.2) is 0 Å². The highest BCUT2D eigenvalue weighted by Crippen LogP contribution is 2.42. The van der Waals surface area contributed by atoms with Gasteiger partial charge in [0.1, 0.15) is 34.6 Å². The van der Waals surface area contributed by atoms with Gasteiger partial charge >= 0.3 is 5.97 Å². The smallest absolute Gasteiger partial charge is 0.355 e. The van der Waals surface area contributed by atoms with Crippen molar-refractivity contribution in [3.63, 3.8) is 0 Å². The number of fused-ring (bicyclic) bond motifs is 1. The van der Waals surface area contributed by atoms with Crippen LogP contribution in [-0.2, 0) is 17.9 Å². The Morgan fingerprint density at radius 3 is 2.37 bits per heavy atom. The van der Waals surface area contributed by atoms with Gasteiger partial charge in [0.05, 0.1) is 32.4 Å². The van der Waals surface area contributed by atoms with E-state index in [1.807, 2.05) is 18.2 Å². The van der Waals surface area contributed by atoms with Gasteiger partial charge in [-0.3, -0.25) is 9.78 Å². The fourth-order valence-corrected chi connectivity index (χ4v) is 4.48. The second-order valence-electron chi connectivity index (χ2n) is 8.26. The predicted octanol–water partition coefficient (Wildman–Crippen LogP) is 4.48. The number of aliphatic hydroxyl groups excluding tert-OH is 1. The van der Waals surface area contributed by atoms with Gasteiger partial charge in [-0.15, -0.1) is 0 Å². The molecule has 0 amide bonds. The summed E-state index contributed by atoms with van der Waals surface area (Å²) < 4.78 is 23.2. The number of nitrogens with zero attached hydrogens (tertiary/aromatic N) is 2. The minimum atomic E-state index is -0.708. The average Bonchev–Trinajstić information content (AvgIpc) is 2.95. The third-order valence-corrected chi connectivity index (χ3v) is 6.38. The maximum atomic E-state index is 13.7. The zero-order valence-electron chi connectivity index (χ0n) is 21.2. The predicted molar refractivity (Wildman–Crippen MR) is 143 cm³/mol. The molecule has 0 aliphatic heterocycles. The number of carbonyl (C=O) groups excluding carboxylic acids is 1. The van der Waals surface area contributed by atoms with Gasteiger partial charge in [0.2, 0.25) is 0 Å². The van der Waals surface area contributed by atoms with Crippen LogP contribution in [0.15, 0.2) is 59.5 Å². The third kappa shape index (κ3) is 5.29. The number of rotatable bonds is 10. The van der Waals surface area contributed by atoms with Crippen LogP contribution in [0.4, 0.5) is 0 Å². The van der Waals surface area contributed by atoms with Gasteiger partial charge in [-0.25, -0.2) is 4.79 Å². The number of hydrogen-bond donors (Lipinski definition) is 1. The zero-order valence-corrected chi connectivity index (χ0v) is 21.9. The van der Waals surface area contributed by atoms with Crippen LogP contribution in [0.5, 0.6) is 17.2 Å². The van der Waals surface area contributed by atoms with Crippen molar-refractivity contribution in [3.05, 3.63) is 81.5 Å². The maximum Gasteiger partial charge on any atom is 0.355 e. The molecule has 0 atom stereocenters. The third-order valence-electron chi connectivity index (χ3n) is 6.01. The van der Waals surface area contributed by atoms with Gasteiger partial charge < -0.3 is 28.6 Å². The molecule has 9 nitrogen and oxygen atoms in total. The summed E-state index contributed by atoms with van der Waals surface area (Å²) >= 11 is 6.40. The Hall–Kier alpha value is -4.08. The number of aliphatic hydroxyl groups is 1. The molecule has 0 spiro atoms. The lowest BCUT2D eigenvalue weighted by Crippen LogP contribution is -2.28. The van der Waals surface area contributed by atoms with Gasteiger partial charge in [0.25, 0.3) is 5.56 Å². The Labute approximate surface area is 224 Å². The molecule has 0 saturated carbocycles. The summed E-state index contributed by atoms with van der Waals surface area (Å²) in [4.78, 5) is 31.1. The van der Waals surface area contributed by atoms with Crippen LogP contribution >= 0.6 is 11.6 Å². The molecule has 2 aromatic carbocycles. The standard InChI is InChI=1S/C28H27ClN2O7/c1-35-22-13-17(14-23(36-2)25(22)29)24-20-9-8-19(38-16-18-7-4-5-10-30-18)15-21(20)27(33)31(11-6-12-32)26(24)28(34)37-3/h4-5,7-10,13-15,32H,6,11-12,16H2,1-3H3. The molecule has 10 heteroatoms. The molecule has 0 aliphatic carbocycles. The van der Waals surface area contributed by atoms with Crippen molar-refractivity contribution in [1.29, 1.82) is 0 Å². The van der Waals surface area contributed by atoms with E-state index < -0.39 is 11.5 Å². The molecule has 38 heavy (non-hydrogen) atoms. The molecule has 0 radical (unpaired) electrons.